The third kappa shape index (κ3) is 2.65. The fourth-order valence-corrected chi connectivity index (χ4v) is 3.22. The summed E-state index contributed by atoms with van der Waals surface area (Å²) in [5.74, 6) is 0.864. The van der Waals surface area contributed by atoms with Crippen molar-refractivity contribution < 1.29 is 0 Å². The molecule has 0 bridgehead atoms. The molecule has 2 nitrogen and oxygen atoms in total. The highest BCUT2D eigenvalue weighted by atomic mass is 35.5. The molecule has 1 saturated carbocycles. The largest absolute Gasteiger partial charge is 0.302 e. The predicted molar refractivity (Wildman–Crippen MR) is 79.8 cm³/mol. The van der Waals surface area contributed by atoms with Gasteiger partial charge >= 0.3 is 0 Å². The molecule has 1 saturated heterocycles. The van der Waals surface area contributed by atoms with E-state index in [-0.39, 0.29) is 5.38 Å². The molecule has 2 fully saturated rings. The number of halogens is 1. The molecule has 1 aliphatic carbocycles. The Labute approximate surface area is 120 Å². The van der Waals surface area contributed by atoms with Gasteiger partial charge in [0.1, 0.15) is 0 Å². The monoisotopic (exact) mass is 276 g/mol. The van der Waals surface area contributed by atoms with E-state index in [4.69, 9.17) is 11.6 Å². The van der Waals surface area contributed by atoms with E-state index in [0.717, 1.165) is 24.6 Å². The standard InChI is InChI=1S/C16H21ClN2/c1-12-15(17)10-16(14-6-4-3-5-7-14)19(12)18(2)11-13-8-9-13/h3-7,13,15-16H,1,8-11H2,2H3. The molecule has 3 rings (SSSR count). The third-order valence-corrected chi connectivity index (χ3v) is 4.58. The lowest BCUT2D eigenvalue weighted by molar-refractivity contribution is 0.00978. The van der Waals surface area contributed by atoms with Crippen LogP contribution in [0.1, 0.15) is 30.9 Å². The van der Waals surface area contributed by atoms with E-state index in [1.165, 1.54) is 18.4 Å². The van der Waals surface area contributed by atoms with Crippen molar-refractivity contribution >= 4 is 11.6 Å². The average molecular weight is 277 g/mol. The Morgan fingerprint density at radius 3 is 2.63 bits per heavy atom. The van der Waals surface area contributed by atoms with Crippen LogP contribution in [-0.2, 0) is 0 Å². The molecular weight excluding hydrogens is 256 g/mol. The summed E-state index contributed by atoms with van der Waals surface area (Å²) in [7, 11) is 2.16. The van der Waals surface area contributed by atoms with Gasteiger partial charge in [0.25, 0.3) is 0 Å². The Bertz CT molecular complexity index is 455. The van der Waals surface area contributed by atoms with Crippen LogP contribution in [0.15, 0.2) is 42.6 Å². The molecule has 3 heteroatoms. The molecule has 102 valence electrons. The van der Waals surface area contributed by atoms with Crippen LogP contribution in [0.25, 0.3) is 0 Å². The fourth-order valence-electron chi connectivity index (χ4n) is 2.95. The van der Waals surface area contributed by atoms with Gasteiger partial charge < -0.3 is 5.01 Å². The van der Waals surface area contributed by atoms with Crippen LogP contribution in [0.3, 0.4) is 0 Å². The fraction of sp³-hybridized carbons (Fsp3) is 0.500. The Kier molecular flexibility index (Phi) is 3.55. The molecule has 1 heterocycles. The van der Waals surface area contributed by atoms with Crippen molar-refractivity contribution in [2.45, 2.75) is 30.7 Å². The van der Waals surface area contributed by atoms with Crippen LogP contribution in [0.5, 0.6) is 0 Å². The molecular formula is C16H21ClN2. The average Bonchev–Trinajstić information content (AvgIpc) is 3.17. The maximum Gasteiger partial charge on any atom is 0.0766 e. The molecule has 1 aliphatic heterocycles. The lowest BCUT2D eigenvalue weighted by atomic mass is 10.1. The number of hydrazine groups is 1. The van der Waals surface area contributed by atoms with Gasteiger partial charge in [-0.2, -0.15) is 0 Å². The van der Waals surface area contributed by atoms with Gasteiger partial charge in [-0.3, -0.25) is 0 Å². The van der Waals surface area contributed by atoms with E-state index < -0.39 is 0 Å². The summed E-state index contributed by atoms with van der Waals surface area (Å²) in [5, 5.41) is 4.68. The minimum absolute atomic E-state index is 0.0480. The van der Waals surface area contributed by atoms with Gasteiger partial charge in [0.2, 0.25) is 0 Å². The first-order chi connectivity index (χ1) is 9.16. The van der Waals surface area contributed by atoms with E-state index in [9.17, 15) is 0 Å². The second-order valence-electron chi connectivity index (χ2n) is 5.75. The molecule has 0 spiro atoms. The molecule has 0 N–H and O–H groups in total. The molecule has 2 aliphatic rings. The quantitative estimate of drug-likeness (QED) is 0.772. The van der Waals surface area contributed by atoms with E-state index in [0.29, 0.717) is 6.04 Å². The van der Waals surface area contributed by atoms with Crippen molar-refractivity contribution in [2.24, 2.45) is 5.92 Å². The summed E-state index contributed by atoms with van der Waals surface area (Å²) in [6.45, 7) is 5.31. The van der Waals surface area contributed by atoms with E-state index in [2.05, 4.69) is 54.0 Å². The van der Waals surface area contributed by atoms with Gasteiger partial charge in [0.05, 0.1) is 11.4 Å². The molecule has 2 unspecified atom stereocenters. The summed E-state index contributed by atoms with van der Waals surface area (Å²) >= 11 is 6.43. The van der Waals surface area contributed by atoms with Crippen molar-refractivity contribution in [3.8, 4) is 0 Å². The van der Waals surface area contributed by atoms with Crippen LogP contribution in [0.4, 0.5) is 0 Å². The zero-order chi connectivity index (χ0) is 13.4. The van der Waals surface area contributed by atoms with Gasteiger partial charge in [0, 0.05) is 19.3 Å². The Balaban J connectivity index is 1.82. The van der Waals surface area contributed by atoms with E-state index in [1.807, 2.05) is 0 Å². The Morgan fingerprint density at radius 2 is 2.00 bits per heavy atom. The number of hydrogen-bond donors (Lipinski definition) is 0. The second-order valence-corrected chi connectivity index (χ2v) is 6.28. The lowest BCUT2D eigenvalue weighted by Gasteiger charge is -2.36. The minimum atomic E-state index is 0.0480. The van der Waals surface area contributed by atoms with E-state index >= 15 is 0 Å². The van der Waals surface area contributed by atoms with Crippen molar-refractivity contribution in [1.29, 1.82) is 0 Å². The minimum Gasteiger partial charge on any atom is -0.302 e. The van der Waals surface area contributed by atoms with Gasteiger partial charge in [0.15, 0.2) is 0 Å². The van der Waals surface area contributed by atoms with Crippen molar-refractivity contribution in [3.05, 3.63) is 48.2 Å². The van der Waals surface area contributed by atoms with Gasteiger partial charge in [-0.25, -0.2) is 5.01 Å². The topological polar surface area (TPSA) is 6.48 Å². The molecule has 2 atom stereocenters. The van der Waals surface area contributed by atoms with Crippen molar-refractivity contribution in [3.63, 3.8) is 0 Å². The second kappa shape index (κ2) is 5.18. The first-order valence-corrected chi connectivity index (χ1v) is 7.48. The van der Waals surface area contributed by atoms with Crippen LogP contribution in [0, 0.1) is 5.92 Å². The summed E-state index contributed by atoms with van der Waals surface area (Å²) in [4.78, 5) is 0. The first-order valence-electron chi connectivity index (χ1n) is 7.05. The highest BCUT2D eigenvalue weighted by Crippen LogP contribution is 2.42. The SMILES string of the molecule is C=C1C(Cl)CC(c2ccccc2)N1N(C)CC1CC1. The summed E-state index contributed by atoms with van der Waals surface area (Å²) < 4.78 is 0. The molecule has 0 radical (unpaired) electrons. The van der Waals surface area contributed by atoms with Gasteiger partial charge in [-0.1, -0.05) is 36.9 Å². The number of hydrogen-bond acceptors (Lipinski definition) is 2. The predicted octanol–water partition coefficient (Wildman–Crippen LogP) is 3.81. The lowest BCUT2D eigenvalue weighted by Crippen LogP contribution is -2.39. The zero-order valence-corrected chi connectivity index (χ0v) is 12.2. The summed E-state index contributed by atoms with van der Waals surface area (Å²) in [5.41, 5.74) is 2.37. The van der Waals surface area contributed by atoms with Crippen molar-refractivity contribution in [2.75, 3.05) is 13.6 Å². The van der Waals surface area contributed by atoms with Crippen LogP contribution in [0.2, 0.25) is 0 Å². The molecule has 1 aromatic rings. The Hall–Kier alpha value is -0.990. The smallest absolute Gasteiger partial charge is 0.0766 e. The number of alkyl halides is 1. The molecule has 0 aromatic heterocycles. The molecule has 19 heavy (non-hydrogen) atoms. The number of rotatable bonds is 4. The Morgan fingerprint density at radius 1 is 1.32 bits per heavy atom. The first kappa shape index (κ1) is 13.0. The van der Waals surface area contributed by atoms with Crippen LogP contribution < -0.4 is 0 Å². The highest BCUT2D eigenvalue weighted by molar-refractivity contribution is 6.22. The van der Waals surface area contributed by atoms with E-state index in [1.54, 1.807) is 0 Å². The van der Waals surface area contributed by atoms with Crippen LogP contribution >= 0.6 is 11.6 Å². The normalized spacial score (nSPS) is 27.3. The summed E-state index contributed by atoms with van der Waals surface area (Å²) in [6.07, 6.45) is 3.68. The number of allylic oxidation sites excluding steroid dienone is 1. The maximum absolute atomic E-state index is 6.43. The molecule has 0 amide bonds. The maximum atomic E-state index is 6.43. The number of nitrogens with zero attached hydrogens (tertiary/aromatic N) is 2. The highest BCUT2D eigenvalue weighted by Gasteiger charge is 2.38. The summed E-state index contributed by atoms with van der Waals surface area (Å²) in [6, 6.07) is 11.0. The van der Waals surface area contributed by atoms with Gasteiger partial charge in [-0.15, -0.1) is 11.6 Å². The van der Waals surface area contributed by atoms with Crippen molar-refractivity contribution in [1.82, 2.24) is 10.0 Å². The third-order valence-electron chi connectivity index (χ3n) is 4.15. The number of benzene rings is 1. The molecule has 1 aromatic carbocycles. The van der Waals surface area contributed by atoms with Crippen LogP contribution in [-0.4, -0.2) is 29.0 Å². The van der Waals surface area contributed by atoms with Gasteiger partial charge in [-0.05, 0) is 30.7 Å². The zero-order valence-electron chi connectivity index (χ0n) is 11.4.